The largest absolute Gasteiger partial charge is 0.353 e. The molecule has 0 radical (unpaired) electrons. The van der Waals surface area contributed by atoms with E-state index in [1.54, 1.807) is 15.8 Å². The van der Waals surface area contributed by atoms with Gasteiger partial charge in [0.05, 0.1) is 12.2 Å². The highest BCUT2D eigenvalue weighted by Gasteiger charge is 2.27. The summed E-state index contributed by atoms with van der Waals surface area (Å²) < 4.78 is 1.76. The second-order valence-corrected chi connectivity index (χ2v) is 5.66. The lowest BCUT2D eigenvalue weighted by atomic mass is 10.0. The molecule has 3 heterocycles. The fourth-order valence-corrected chi connectivity index (χ4v) is 2.69. The Morgan fingerprint density at radius 2 is 2.05 bits per heavy atom. The van der Waals surface area contributed by atoms with Crippen LogP contribution in [0.2, 0.25) is 0 Å². The minimum Gasteiger partial charge on any atom is -0.353 e. The summed E-state index contributed by atoms with van der Waals surface area (Å²) in [5.74, 6) is -0.0911. The molecule has 2 fully saturated rings. The van der Waals surface area contributed by atoms with Crippen LogP contribution in [0.5, 0.6) is 0 Å². The lowest BCUT2D eigenvalue weighted by molar-refractivity contribution is -0.119. The Morgan fingerprint density at radius 1 is 1.33 bits per heavy atom. The van der Waals surface area contributed by atoms with E-state index >= 15 is 0 Å². The Morgan fingerprint density at radius 3 is 2.62 bits per heavy atom. The standard InChI is InChI=1S/C13H20N6O2/c1-9(20)15-10-2-4-18(5-3-10)13(21)12-8-19(17-16-12)11-6-14-7-11/h8,10-11,14H,2-7H2,1H3,(H,15,20). The number of carbonyl (C=O) groups is 2. The van der Waals surface area contributed by atoms with E-state index in [-0.39, 0.29) is 17.9 Å². The van der Waals surface area contributed by atoms with Gasteiger partial charge in [0.1, 0.15) is 0 Å². The maximum atomic E-state index is 12.4. The summed E-state index contributed by atoms with van der Waals surface area (Å²) in [5.41, 5.74) is 0.403. The summed E-state index contributed by atoms with van der Waals surface area (Å²) in [6.45, 7) is 4.55. The Hall–Kier alpha value is -1.96. The van der Waals surface area contributed by atoms with Gasteiger partial charge in [-0.15, -0.1) is 5.10 Å². The third-order valence-corrected chi connectivity index (χ3v) is 4.05. The maximum absolute atomic E-state index is 12.4. The van der Waals surface area contributed by atoms with Crippen molar-refractivity contribution in [2.75, 3.05) is 26.2 Å². The molecule has 0 spiro atoms. The van der Waals surface area contributed by atoms with Gasteiger partial charge in [0.15, 0.2) is 5.69 Å². The average molecular weight is 292 g/mol. The van der Waals surface area contributed by atoms with E-state index in [9.17, 15) is 9.59 Å². The number of aromatic nitrogens is 3. The molecule has 8 heteroatoms. The molecule has 0 unspecified atom stereocenters. The first-order chi connectivity index (χ1) is 10.1. The molecule has 2 amide bonds. The van der Waals surface area contributed by atoms with Gasteiger partial charge in [-0.1, -0.05) is 5.21 Å². The van der Waals surface area contributed by atoms with Crippen LogP contribution in [0.3, 0.4) is 0 Å². The minimum absolute atomic E-state index is 0.0168. The zero-order valence-electron chi connectivity index (χ0n) is 12.1. The number of hydrogen-bond acceptors (Lipinski definition) is 5. The SMILES string of the molecule is CC(=O)NC1CCN(C(=O)c2cn(C3CNC3)nn2)CC1. The van der Waals surface area contributed by atoms with Crippen LogP contribution in [0.4, 0.5) is 0 Å². The summed E-state index contributed by atoms with van der Waals surface area (Å²) in [6.07, 6.45) is 3.30. The van der Waals surface area contributed by atoms with Gasteiger partial charge in [-0.2, -0.15) is 0 Å². The number of rotatable bonds is 3. The van der Waals surface area contributed by atoms with Crippen molar-refractivity contribution in [3.63, 3.8) is 0 Å². The predicted octanol–water partition coefficient (Wildman–Crippen LogP) is -0.837. The van der Waals surface area contributed by atoms with Crippen LogP contribution in [0.25, 0.3) is 0 Å². The van der Waals surface area contributed by atoms with Crippen molar-refractivity contribution in [1.29, 1.82) is 0 Å². The highest BCUT2D eigenvalue weighted by Crippen LogP contribution is 2.15. The van der Waals surface area contributed by atoms with E-state index in [1.165, 1.54) is 6.92 Å². The smallest absolute Gasteiger partial charge is 0.276 e. The molecule has 2 N–H and O–H groups in total. The summed E-state index contributed by atoms with van der Waals surface area (Å²) in [7, 11) is 0. The van der Waals surface area contributed by atoms with Gasteiger partial charge in [-0.3, -0.25) is 9.59 Å². The van der Waals surface area contributed by atoms with Crippen LogP contribution in [-0.4, -0.2) is 63.9 Å². The first-order valence-electron chi connectivity index (χ1n) is 7.32. The number of amides is 2. The average Bonchev–Trinajstić information content (AvgIpc) is 2.85. The number of likely N-dealkylation sites (tertiary alicyclic amines) is 1. The van der Waals surface area contributed by atoms with Crippen LogP contribution in [-0.2, 0) is 4.79 Å². The molecule has 8 nitrogen and oxygen atoms in total. The van der Waals surface area contributed by atoms with E-state index in [0.717, 1.165) is 25.9 Å². The topological polar surface area (TPSA) is 92.2 Å². The van der Waals surface area contributed by atoms with Crippen molar-refractivity contribution >= 4 is 11.8 Å². The van der Waals surface area contributed by atoms with Crippen molar-refractivity contribution < 1.29 is 9.59 Å². The third kappa shape index (κ3) is 3.05. The van der Waals surface area contributed by atoms with Crippen molar-refractivity contribution in [2.24, 2.45) is 0 Å². The fourth-order valence-electron chi connectivity index (χ4n) is 2.69. The van der Waals surface area contributed by atoms with Gasteiger partial charge < -0.3 is 15.5 Å². The lowest BCUT2D eigenvalue weighted by Gasteiger charge is -2.31. The first kappa shape index (κ1) is 14.0. The zero-order valence-corrected chi connectivity index (χ0v) is 12.1. The molecule has 0 aliphatic carbocycles. The van der Waals surface area contributed by atoms with Gasteiger partial charge in [-0.05, 0) is 12.8 Å². The number of nitrogens with zero attached hydrogens (tertiary/aromatic N) is 4. The van der Waals surface area contributed by atoms with Gasteiger partial charge in [0, 0.05) is 39.1 Å². The Kier molecular flexibility index (Phi) is 3.87. The first-order valence-corrected chi connectivity index (χ1v) is 7.32. The van der Waals surface area contributed by atoms with Crippen LogP contribution >= 0.6 is 0 Å². The minimum atomic E-state index is -0.0743. The zero-order chi connectivity index (χ0) is 14.8. The molecular formula is C13H20N6O2. The van der Waals surface area contributed by atoms with Crippen LogP contribution < -0.4 is 10.6 Å². The van der Waals surface area contributed by atoms with E-state index in [1.807, 2.05) is 0 Å². The molecule has 3 rings (SSSR count). The van der Waals surface area contributed by atoms with E-state index < -0.39 is 0 Å². The van der Waals surface area contributed by atoms with Crippen LogP contribution in [0, 0.1) is 0 Å². The molecule has 0 saturated carbocycles. The Bertz CT molecular complexity index is 531. The van der Waals surface area contributed by atoms with Gasteiger partial charge >= 0.3 is 0 Å². The summed E-state index contributed by atoms with van der Waals surface area (Å²) in [5, 5.41) is 14.1. The molecule has 0 bridgehead atoms. The van der Waals surface area contributed by atoms with Crippen molar-refractivity contribution in [1.82, 2.24) is 30.5 Å². The molecule has 2 saturated heterocycles. The number of carbonyl (C=O) groups excluding carboxylic acids is 2. The molecule has 114 valence electrons. The molecule has 1 aromatic heterocycles. The fraction of sp³-hybridized carbons (Fsp3) is 0.692. The molecule has 2 aliphatic heterocycles. The van der Waals surface area contributed by atoms with Crippen molar-refractivity contribution in [2.45, 2.75) is 31.8 Å². The third-order valence-electron chi connectivity index (χ3n) is 4.05. The van der Waals surface area contributed by atoms with E-state index in [2.05, 4.69) is 20.9 Å². The van der Waals surface area contributed by atoms with Gasteiger partial charge in [-0.25, -0.2) is 4.68 Å². The van der Waals surface area contributed by atoms with Gasteiger partial charge in [0.25, 0.3) is 5.91 Å². The summed E-state index contributed by atoms with van der Waals surface area (Å²) in [6, 6.07) is 0.479. The molecule has 2 aliphatic rings. The molecule has 0 atom stereocenters. The van der Waals surface area contributed by atoms with Crippen molar-refractivity contribution in [3.05, 3.63) is 11.9 Å². The second-order valence-electron chi connectivity index (χ2n) is 5.66. The normalized spacial score (nSPS) is 20.1. The second kappa shape index (κ2) is 5.80. The Balaban J connectivity index is 1.56. The lowest BCUT2D eigenvalue weighted by Crippen LogP contribution is -2.46. The highest BCUT2D eigenvalue weighted by molar-refractivity contribution is 5.92. The number of nitrogens with one attached hydrogen (secondary N) is 2. The predicted molar refractivity (Wildman–Crippen MR) is 74.7 cm³/mol. The quantitative estimate of drug-likeness (QED) is 0.758. The van der Waals surface area contributed by atoms with Crippen LogP contribution in [0.15, 0.2) is 6.20 Å². The Labute approximate surface area is 122 Å². The molecule has 21 heavy (non-hydrogen) atoms. The molecule has 1 aromatic rings. The van der Waals surface area contributed by atoms with Gasteiger partial charge in [0.2, 0.25) is 5.91 Å². The monoisotopic (exact) mass is 292 g/mol. The summed E-state index contributed by atoms with van der Waals surface area (Å²) >= 11 is 0. The maximum Gasteiger partial charge on any atom is 0.276 e. The van der Waals surface area contributed by atoms with Crippen LogP contribution in [0.1, 0.15) is 36.3 Å². The summed E-state index contributed by atoms with van der Waals surface area (Å²) in [4.78, 5) is 25.2. The highest BCUT2D eigenvalue weighted by atomic mass is 16.2. The molecule has 0 aromatic carbocycles. The number of piperidine rings is 1. The number of hydrogen-bond donors (Lipinski definition) is 2. The van der Waals surface area contributed by atoms with E-state index in [0.29, 0.717) is 24.8 Å². The van der Waals surface area contributed by atoms with E-state index in [4.69, 9.17) is 0 Å². The molecular weight excluding hydrogens is 272 g/mol. The van der Waals surface area contributed by atoms with Crippen molar-refractivity contribution in [3.8, 4) is 0 Å².